The Morgan fingerprint density at radius 1 is 1.44 bits per heavy atom. The van der Waals surface area contributed by atoms with Crippen LogP contribution in [0.5, 0.6) is 0 Å². The van der Waals surface area contributed by atoms with Gasteiger partial charge in [-0.15, -0.1) is 10.2 Å². The van der Waals surface area contributed by atoms with Gasteiger partial charge in [0, 0.05) is 18.7 Å². The molecule has 0 atom stereocenters. The molecule has 5 nitrogen and oxygen atoms in total. The quantitative estimate of drug-likeness (QED) is 0.585. The van der Waals surface area contributed by atoms with Crippen LogP contribution in [0.4, 0.5) is 0 Å². The minimum absolute atomic E-state index is 0.0238. The highest BCUT2D eigenvalue weighted by molar-refractivity contribution is 8.03. The number of carbonyl (C=O) groups is 1. The summed E-state index contributed by atoms with van der Waals surface area (Å²) in [5.41, 5.74) is 0. The third-order valence-corrected chi connectivity index (χ3v) is 4.92. The fourth-order valence-corrected chi connectivity index (χ4v) is 3.70. The molecule has 1 aromatic heterocycles. The van der Waals surface area contributed by atoms with Crippen molar-refractivity contribution in [1.82, 2.24) is 15.5 Å². The second-order valence-corrected chi connectivity index (χ2v) is 6.77. The molecule has 1 rings (SSSR count). The molecule has 98 valence electrons. The van der Waals surface area contributed by atoms with Crippen LogP contribution in [0.1, 0.15) is 19.8 Å². The van der Waals surface area contributed by atoms with Crippen molar-refractivity contribution >= 4 is 40.8 Å². The number of nitrogens with zero attached hydrogens (tertiary/aromatic N) is 3. The Kier molecular flexibility index (Phi) is 7.80. The van der Waals surface area contributed by atoms with Crippen molar-refractivity contribution < 1.29 is 4.79 Å². The summed E-state index contributed by atoms with van der Waals surface area (Å²) in [6, 6.07) is 2.08. The molecule has 0 aliphatic heterocycles. The number of rotatable bonds is 8. The highest BCUT2D eigenvalue weighted by Gasteiger charge is 2.07. The maximum Gasteiger partial charge on any atom is 0.230 e. The highest BCUT2D eigenvalue weighted by atomic mass is 32.2. The highest BCUT2D eigenvalue weighted by Crippen LogP contribution is 2.28. The third kappa shape index (κ3) is 6.23. The summed E-state index contributed by atoms with van der Waals surface area (Å²) >= 11 is 4.38. The van der Waals surface area contributed by atoms with Crippen LogP contribution in [-0.4, -0.2) is 34.2 Å². The van der Waals surface area contributed by atoms with Crippen molar-refractivity contribution in [3.05, 3.63) is 0 Å². The van der Waals surface area contributed by atoms with E-state index in [1.165, 1.54) is 34.9 Å². The lowest BCUT2D eigenvalue weighted by atomic mass is 10.5. The van der Waals surface area contributed by atoms with E-state index in [-0.39, 0.29) is 5.91 Å². The number of hydrogen-bond acceptors (Lipinski definition) is 7. The number of thioether (sulfide) groups is 2. The maximum absolute atomic E-state index is 11.4. The van der Waals surface area contributed by atoms with Crippen LogP contribution in [0.15, 0.2) is 8.68 Å². The topological polar surface area (TPSA) is 78.7 Å². The second-order valence-electron chi connectivity index (χ2n) is 3.23. The summed E-state index contributed by atoms with van der Waals surface area (Å²) < 4.78 is 1.64. The summed E-state index contributed by atoms with van der Waals surface area (Å²) in [4.78, 5) is 11.4. The third-order valence-electron chi connectivity index (χ3n) is 1.73. The first-order chi connectivity index (χ1) is 8.76. The molecule has 0 aliphatic rings. The van der Waals surface area contributed by atoms with Crippen molar-refractivity contribution in [2.45, 2.75) is 28.4 Å². The standard InChI is InChI=1S/C10H14N4OS3/c1-2-5-12-8(15)7-17-10-14-13-9(18-10)16-6-3-4-11/h2-3,5-7H2,1H3,(H,12,15). The van der Waals surface area contributed by atoms with E-state index in [2.05, 4.69) is 21.6 Å². The Labute approximate surface area is 119 Å². The van der Waals surface area contributed by atoms with Crippen molar-refractivity contribution in [2.75, 3.05) is 18.1 Å². The molecule has 0 fully saturated rings. The lowest BCUT2D eigenvalue weighted by Crippen LogP contribution is -2.25. The van der Waals surface area contributed by atoms with E-state index in [1.54, 1.807) is 0 Å². The van der Waals surface area contributed by atoms with E-state index in [1.807, 2.05) is 6.92 Å². The molecule has 1 aromatic rings. The molecule has 8 heteroatoms. The predicted molar refractivity (Wildman–Crippen MR) is 74.9 cm³/mol. The van der Waals surface area contributed by atoms with Gasteiger partial charge in [-0.1, -0.05) is 41.8 Å². The normalized spacial score (nSPS) is 10.0. The van der Waals surface area contributed by atoms with Gasteiger partial charge in [0.2, 0.25) is 5.91 Å². The van der Waals surface area contributed by atoms with Crippen LogP contribution in [0.25, 0.3) is 0 Å². The largest absolute Gasteiger partial charge is 0.355 e. The monoisotopic (exact) mass is 302 g/mol. The van der Waals surface area contributed by atoms with Gasteiger partial charge >= 0.3 is 0 Å². The Bertz CT molecular complexity index is 416. The molecule has 1 N–H and O–H groups in total. The van der Waals surface area contributed by atoms with Crippen molar-refractivity contribution in [1.29, 1.82) is 5.26 Å². The zero-order chi connectivity index (χ0) is 13.2. The zero-order valence-corrected chi connectivity index (χ0v) is 12.5. The molecule has 18 heavy (non-hydrogen) atoms. The molecule has 0 radical (unpaired) electrons. The number of nitrogens with one attached hydrogen (secondary N) is 1. The average molecular weight is 302 g/mol. The zero-order valence-electron chi connectivity index (χ0n) is 10.0. The molecule has 0 bridgehead atoms. The maximum atomic E-state index is 11.4. The first-order valence-corrected chi connectivity index (χ1v) is 8.27. The summed E-state index contributed by atoms with van der Waals surface area (Å²) in [5.74, 6) is 1.13. The van der Waals surface area contributed by atoms with Gasteiger partial charge in [-0.2, -0.15) is 5.26 Å². The summed E-state index contributed by atoms with van der Waals surface area (Å²) in [6.07, 6.45) is 1.45. The molecular weight excluding hydrogens is 288 g/mol. The average Bonchev–Trinajstić information content (AvgIpc) is 2.82. The smallest absolute Gasteiger partial charge is 0.230 e. The van der Waals surface area contributed by atoms with Crippen LogP contribution in [0.2, 0.25) is 0 Å². The summed E-state index contributed by atoms with van der Waals surface area (Å²) in [6.45, 7) is 2.73. The molecule has 0 saturated carbocycles. The van der Waals surface area contributed by atoms with Gasteiger partial charge < -0.3 is 5.32 Å². The lowest BCUT2D eigenvalue weighted by Gasteiger charge is -2.00. The van der Waals surface area contributed by atoms with Crippen LogP contribution >= 0.6 is 34.9 Å². The van der Waals surface area contributed by atoms with E-state index in [9.17, 15) is 4.79 Å². The molecule has 0 unspecified atom stereocenters. The fraction of sp³-hybridized carbons (Fsp3) is 0.600. The van der Waals surface area contributed by atoms with Gasteiger partial charge in [0.05, 0.1) is 11.8 Å². The Morgan fingerprint density at radius 3 is 2.83 bits per heavy atom. The van der Waals surface area contributed by atoms with E-state index in [0.717, 1.165) is 20.9 Å². The van der Waals surface area contributed by atoms with E-state index >= 15 is 0 Å². The molecule has 1 heterocycles. The first kappa shape index (κ1) is 15.3. The number of nitriles is 1. The number of aromatic nitrogens is 2. The molecular formula is C10H14N4OS3. The summed E-state index contributed by atoms with van der Waals surface area (Å²) in [7, 11) is 0. The van der Waals surface area contributed by atoms with Gasteiger partial charge in [-0.05, 0) is 6.42 Å². The van der Waals surface area contributed by atoms with Gasteiger partial charge in [0.15, 0.2) is 8.68 Å². The Balaban J connectivity index is 2.26. The molecule has 0 aliphatic carbocycles. The Morgan fingerprint density at radius 2 is 2.17 bits per heavy atom. The fourth-order valence-electron chi connectivity index (χ4n) is 0.941. The molecule has 0 spiro atoms. The number of hydrogen-bond donors (Lipinski definition) is 1. The number of amides is 1. The Hall–Kier alpha value is -0.780. The van der Waals surface area contributed by atoms with Crippen molar-refractivity contribution in [3.63, 3.8) is 0 Å². The molecule has 0 aromatic carbocycles. The summed E-state index contributed by atoms with van der Waals surface area (Å²) in [5, 5.41) is 19.2. The van der Waals surface area contributed by atoms with E-state index in [4.69, 9.17) is 5.26 Å². The van der Waals surface area contributed by atoms with Crippen LogP contribution in [0.3, 0.4) is 0 Å². The van der Waals surface area contributed by atoms with Crippen LogP contribution in [0, 0.1) is 11.3 Å². The molecule has 0 saturated heterocycles. The van der Waals surface area contributed by atoms with Crippen molar-refractivity contribution in [2.24, 2.45) is 0 Å². The minimum Gasteiger partial charge on any atom is -0.355 e. The van der Waals surface area contributed by atoms with Gasteiger partial charge in [-0.3, -0.25) is 4.79 Å². The van der Waals surface area contributed by atoms with Crippen LogP contribution in [-0.2, 0) is 4.79 Å². The molecule has 1 amide bonds. The number of carbonyl (C=O) groups excluding carboxylic acids is 1. The minimum atomic E-state index is 0.0238. The van der Waals surface area contributed by atoms with Gasteiger partial charge in [0.1, 0.15) is 0 Å². The van der Waals surface area contributed by atoms with Gasteiger partial charge in [0.25, 0.3) is 0 Å². The van der Waals surface area contributed by atoms with E-state index < -0.39 is 0 Å². The van der Waals surface area contributed by atoms with E-state index in [0.29, 0.717) is 18.7 Å². The SMILES string of the molecule is CCCNC(=O)CSc1nnc(SCCC#N)s1. The first-order valence-electron chi connectivity index (χ1n) is 5.49. The second kappa shape index (κ2) is 9.19. The van der Waals surface area contributed by atoms with Crippen LogP contribution < -0.4 is 5.32 Å². The van der Waals surface area contributed by atoms with Gasteiger partial charge in [-0.25, -0.2) is 0 Å². The van der Waals surface area contributed by atoms with Crippen molar-refractivity contribution in [3.8, 4) is 6.07 Å². The predicted octanol–water partition coefficient (Wildman–Crippen LogP) is 2.16. The lowest BCUT2D eigenvalue weighted by molar-refractivity contribution is -0.118.